The highest BCUT2D eigenvalue weighted by molar-refractivity contribution is 8.12. The van der Waals surface area contributed by atoms with E-state index in [1.165, 1.54) is 22.3 Å². The molecule has 0 spiro atoms. The number of esters is 1. The van der Waals surface area contributed by atoms with Crippen LogP contribution in [-0.2, 0) is 4.74 Å². The van der Waals surface area contributed by atoms with Crippen molar-refractivity contribution in [1.82, 2.24) is 0 Å². The van der Waals surface area contributed by atoms with Gasteiger partial charge in [-0.25, -0.2) is 10.6 Å². The Bertz CT molecular complexity index is 421. The van der Waals surface area contributed by atoms with Crippen molar-refractivity contribution in [1.29, 1.82) is 5.41 Å². The highest BCUT2D eigenvalue weighted by Gasteiger charge is 2.11. The molecule has 0 saturated heterocycles. The topological polar surface area (TPSA) is 79.4 Å². The van der Waals surface area contributed by atoms with Crippen LogP contribution >= 0.6 is 11.8 Å². The molecular weight excluding hydrogens is 238 g/mol. The number of anilines is 1. The number of nitrogens with zero attached hydrogens (tertiary/aromatic N) is 1. The fraction of sp³-hybridized carbons (Fsp3) is 0.273. The van der Waals surface area contributed by atoms with E-state index in [4.69, 9.17) is 16.0 Å². The maximum absolute atomic E-state index is 11.5. The summed E-state index contributed by atoms with van der Waals surface area (Å²) >= 11 is 1.19. The van der Waals surface area contributed by atoms with Gasteiger partial charge in [-0.3, -0.25) is 0 Å². The number of ether oxygens (including phenoxy) is 1. The number of nitrogens with one attached hydrogen (secondary N) is 1. The minimum absolute atomic E-state index is 0.338. The molecule has 0 radical (unpaired) electrons. The summed E-state index contributed by atoms with van der Waals surface area (Å²) in [6.07, 6.45) is 0. The zero-order valence-electron chi connectivity index (χ0n) is 9.77. The van der Waals surface area contributed by atoms with Crippen LogP contribution in [0.1, 0.15) is 17.3 Å². The Kier molecular flexibility index (Phi) is 4.99. The number of thioether (sulfide) groups is 1. The van der Waals surface area contributed by atoms with Crippen molar-refractivity contribution in [2.24, 2.45) is 5.84 Å². The summed E-state index contributed by atoms with van der Waals surface area (Å²) < 4.78 is 4.91. The van der Waals surface area contributed by atoms with Gasteiger partial charge in [-0.2, -0.15) is 0 Å². The average molecular weight is 253 g/mol. The number of benzene rings is 1. The van der Waals surface area contributed by atoms with Crippen LogP contribution in [0.2, 0.25) is 0 Å². The summed E-state index contributed by atoms with van der Waals surface area (Å²) in [6.45, 7) is 2.09. The Morgan fingerprint density at radius 3 is 2.88 bits per heavy atom. The first-order valence-corrected chi connectivity index (χ1v) is 5.93. The van der Waals surface area contributed by atoms with Gasteiger partial charge < -0.3 is 15.2 Å². The lowest BCUT2D eigenvalue weighted by Gasteiger charge is -2.16. The van der Waals surface area contributed by atoms with Crippen LogP contribution in [0.15, 0.2) is 23.1 Å². The second-order valence-electron chi connectivity index (χ2n) is 3.25. The molecule has 3 N–H and O–H groups in total. The van der Waals surface area contributed by atoms with E-state index in [1.54, 1.807) is 32.2 Å². The van der Waals surface area contributed by atoms with Crippen LogP contribution in [-0.4, -0.2) is 25.2 Å². The smallest absolute Gasteiger partial charge is 0.338 e. The second kappa shape index (κ2) is 6.27. The fourth-order valence-corrected chi connectivity index (χ4v) is 1.96. The van der Waals surface area contributed by atoms with Crippen LogP contribution < -0.4 is 10.9 Å². The van der Waals surface area contributed by atoms with E-state index in [0.717, 1.165) is 10.6 Å². The van der Waals surface area contributed by atoms with Gasteiger partial charge in [0, 0.05) is 11.9 Å². The number of hydrogen-bond donors (Lipinski definition) is 2. The second-order valence-corrected chi connectivity index (χ2v) is 4.16. The third-order valence-corrected chi connectivity index (χ3v) is 2.74. The van der Waals surface area contributed by atoms with E-state index in [9.17, 15) is 4.79 Å². The lowest BCUT2D eigenvalue weighted by molar-refractivity contribution is 0.0526. The Hall–Kier alpha value is -1.53. The quantitative estimate of drug-likeness (QED) is 0.209. The lowest BCUT2D eigenvalue weighted by atomic mass is 10.2. The molecule has 0 unspecified atom stereocenters. The molecule has 0 aromatic heterocycles. The van der Waals surface area contributed by atoms with Crippen LogP contribution in [0.3, 0.4) is 0 Å². The van der Waals surface area contributed by atoms with Crippen LogP contribution in [0, 0.1) is 5.41 Å². The van der Waals surface area contributed by atoms with Gasteiger partial charge in [-0.15, -0.1) is 0 Å². The summed E-state index contributed by atoms with van der Waals surface area (Å²) in [5.74, 6) is 5.29. The van der Waals surface area contributed by atoms with E-state index in [1.807, 2.05) is 0 Å². The molecule has 1 rings (SSSR count). The third kappa shape index (κ3) is 3.47. The van der Waals surface area contributed by atoms with Gasteiger partial charge in [0.1, 0.15) is 0 Å². The van der Waals surface area contributed by atoms with Gasteiger partial charge in [-0.1, -0.05) is 11.8 Å². The molecule has 17 heavy (non-hydrogen) atoms. The molecule has 0 fully saturated rings. The number of nitrogens with two attached hydrogens (primary N) is 1. The Morgan fingerprint density at radius 2 is 2.35 bits per heavy atom. The van der Waals surface area contributed by atoms with E-state index in [2.05, 4.69) is 0 Å². The predicted molar refractivity (Wildman–Crippen MR) is 69.6 cm³/mol. The van der Waals surface area contributed by atoms with E-state index < -0.39 is 0 Å². The van der Waals surface area contributed by atoms with Crippen molar-refractivity contribution in [2.45, 2.75) is 11.8 Å². The Morgan fingerprint density at radius 1 is 1.65 bits per heavy atom. The van der Waals surface area contributed by atoms with Crippen molar-refractivity contribution in [3.05, 3.63) is 23.8 Å². The van der Waals surface area contributed by atoms with Crippen molar-refractivity contribution < 1.29 is 9.53 Å². The van der Waals surface area contributed by atoms with E-state index >= 15 is 0 Å². The first-order valence-electron chi connectivity index (χ1n) is 5.05. The summed E-state index contributed by atoms with van der Waals surface area (Å²) in [5, 5.41) is 8.54. The van der Waals surface area contributed by atoms with Crippen molar-refractivity contribution in [3.8, 4) is 0 Å². The molecule has 1 aromatic carbocycles. The molecule has 0 bridgehead atoms. The summed E-state index contributed by atoms with van der Waals surface area (Å²) in [7, 11) is 1.70. The molecular formula is C11H15N3O2S. The van der Waals surface area contributed by atoms with Gasteiger partial charge in [0.25, 0.3) is 0 Å². The molecule has 92 valence electrons. The summed E-state index contributed by atoms with van der Waals surface area (Å²) in [4.78, 5) is 12.3. The fourth-order valence-electron chi connectivity index (χ4n) is 1.30. The molecule has 0 saturated carbocycles. The molecule has 1 aromatic rings. The zero-order chi connectivity index (χ0) is 12.8. The molecule has 0 heterocycles. The number of carbonyl (C=O) groups is 1. The van der Waals surface area contributed by atoms with Crippen LogP contribution in [0.25, 0.3) is 0 Å². The molecule has 5 nitrogen and oxygen atoms in total. The molecule has 0 atom stereocenters. The molecule has 0 aliphatic rings. The molecule has 0 amide bonds. The van der Waals surface area contributed by atoms with Gasteiger partial charge in [0.15, 0.2) is 0 Å². The first kappa shape index (κ1) is 13.5. The van der Waals surface area contributed by atoms with Gasteiger partial charge >= 0.3 is 5.97 Å². The number of hydrazine groups is 1. The summed E-state index contributed by atoms with van der Waals surface area (Å²) in [6, 6.07) is 5.06. The lowest BCUT2D eigenvalue weighted by Crippen LogP contribution is -2.25. The maximum atomic E-state index is 11.5. The third-order valence-electron chi connectivity index (χ3n) is 2.04. The highest BCUT2D eigenvalue weighted by Crippen LogP contribution is 2.28. The van der Waals surface area contributed by atoms with Crippen molar-refractivity contribution in [3.63, 3.8) is 0 Å². The molecule has 6 heteroatoms. The predicted octanol–water partition coefficient (Wildman–Crippen LogP) is 1.87. The zero-order valence-corrected chi connectivity index (χ0v) is 10.6. The monoisotopic (exact) mass is 253 g/mol. The number of carbonyl (C=O) groups excluding carboxylic acids is 1. The number of rotatable bonds is 5. The van der Waals surface area contributed by atoms with Gasteiger partial charge in [-0.05, 0) is 25.1 Å². The molecule has 0 aliphatic heterocycles. The normalized spacial score (nSPS) is 9.82. The molecule has 0 aliphatic carbocycles. The minimum Gasteiger partial charge on any atom is -0.462 e. The highest BCUT2D eigenvalue weighted by atomic mass is 32.2. The van der Waals surface area contributed by atoms with E-state index in [0.29, 0.717) is 12.2 Å². The first-order chi connectivity index (χ1) is 8.10. The minimum atomic E-state index is -0.370. The largest absolute Gasteiger partial charge is 0.462 e. The van der Waals surface area contributed by atoms with Gasteiger partial charge in [0.05, 0.1) is 23.4 Å². The SMILES string of the molecule is CCOC(=O)c1ccc(N(C)N)c(SC=N)c1. The average Bonchev–Trinajstić information content (AvgIpc) is 2.29. The number of hydrogen-bond acceptors (Lipinski definition) is 6. The van der Waals surface area contributed by atoms with Crippen molar-refractivity contribution in [2.75, 3.05) is 18.7 Å². The van der Waals surface area contributed by atoms with Crippen molar-refractivity contribution >= 4 is 29.0 Å². The maximum Gasteiger partial charge on any atom is 0.338 e. The van der Waals surface area contributed by atoms with Gasteiger partial charge in [0.2, 0.25) is 0 Å². The van der Waals surface area contributed by atoms with Crippen LogP contribution in [0.5, 0.6) is 0 Å². The Labute approximate surface area is 104 Å². The Balaban J connectivity index is 3.08. The van der Waals surface area contributed by atoms with E-state index in [-0.39, 0.29) is 5.97 Å². The summed E-state index contributed by atoms with van der Waals surface area (Å²) in [5.41, 5.74) is 2.41. The standard InChI is InChI=1S/C11H15N3O2S/c1-3-16-11(15)8-4-5-9(14(2)13)10(6-8)17-7-12/h4-7,12H,3,13H2,1-2H3. The van der Waals surface area contributed by atoms with Crippen LogP contribution in [0.4, 0.5) is 5.69 Å².